The number of fused-ring (bicyclic) bond motifs is 1. The van der Waals surface area contributed by atoms with Crippen molar-refractivity contribution in [3.63, 3.8) is 0 Å². The predicted octanol–water partition coefficient (Wildman–Crippen LogP) is 4.28. The zero-order chi connectivity index (χ0) is 19.7. The first kappa shape index (κ1) is 18.8. The summed E-state index contributed by atoms with van der Waals surface area (Å²) in [6.45, 7) is 2.21. The second-order valence-corrected chi connectivity index (χ2v) is 9.12. The summed E-state index contributed by atoms with van der Waals surface area (Å²) in [5.41, 5.74) is 8.88. The average Bonchev–Trinajstić information content (AvgIpc) is 3.26. The van der Waals surface area contributed by atoms with Crippen LogP contribution in [0, 0.1) is 5.92 Å². The lowest BCUT2D eigenvalue weighted by molar-refractivity contribution is -0.115. The highest BCUT2D eigenvalue weighted by Gasteiger charge is 2.27. The Morgan fingerprint density at radius 1 is 1.29 bits per heavy atom. The maximum atomic E-state index is 12.6. The van der Waals surface area contributed by atoms with E-state index in [0.717, 1.165) is 41.1 Å². The number of hydrogen-bond donors (Lipinski definition) is 2. The Morgan fingerprint density at radius 3 is 2.82 bits per heavy atom. The zero-order valence-corrected chi connectivity index (χ0v) is 17.2. The number of rotatable bonds is 5. The fourth-order valence-corrected chi connectivity index (χ4v) is 5.79. The van der Waals surface area contributed by atoms with E-state index in [9.17, 15) is 9.59 Å². The smallest absolute Gasteiger partial charge is 0.251 e. The number of benzene rings is 1. The van der Waals surface area contributed by atoms with E-state index in [-0.39, 0.29) is 12.3 Å². The zero-order valence-electron chi connectivity index (χ0n) is 15.5. The van der Waals surface area contributed by atoms with Gasteiger partial charge in [-0.15, -0.1) is 22.7 Å². The third-order valence-corrected chi connectivity index (χ3v) is 7.04. The molecule has 0 unspecified atom stereocenters. The Morgan fingerprint density at radius 2 is 2.07 bits per heavy atom. The number of hydrogen-bond acceptors (Lipinski definition) is 5. The normalized spacial score (nSPS) is 15.8. The van der Waals surface area contributed by atoms with Crippen molar-refractivity contribution >= 4 is 39.5 Å². The van der Waals surface area contributed by atoms with E-state index in [1.165, 1.54) is 27.6 Å². The number of carbonyl (C=O) groups is 2. The highest BCUT2D eigenvalue weighted by atomic mass is 32.1. The van der Waals surface area contributed by atoms with Gasteiger partial charge in [0.25, 0.3) is 5.91 Å². The molecular formula is C21H21N3O2S2. The van der Waals surface area contributed by atoms with Gasteiger partial charge in [0.15, 0.2) is 0 Å². The van der Waals surface area contributed by atoms with Gasteiger partial charge in [0, 0.05) is 15.8 Å². The van der Waals surface area contributed by atoms with Crippen molar-refractivity contribution in [3.8, 4) is 10.6 Å². The highest BCUT2D eigenvalue weighted by Crippen LogP contribution is 2.39. The largest absolute Gasteiger partial charge is 0.365 e. The van der Waals surface area contributed by atoms with E-state index >= 15 is 0 Å². The standard InChI is InChI=1S/C21H21N3O2S2/c1-12-7-8-15-16(9-12)28-21(18(15)19(22)26)24-17(25)10-14-11-27-20(23-14)13-5-3-2-4-6-13/h2-6,11-12H,7-10H2,1H3,(H2,22,26)(H,24,25)/t12-/m1/s1. The Labute approximate surface area is 171 Å². The molecule has 1 atom stereocenters. The monoisotopic (exact) mass is 411 g/mol. The van der Waals surface area contributed by atoms with Crippen LogP contribution in [0.1, 0.15) is 39.8 Å². The van der Waals surface area contributed by atoms with Crippen LogP contribution < -0.4 is 11.1 Å². The second-order valence-electron chi connectivity index (χ2n) is 7.16. The molecule has 28 heavy (non-hydrogen) atoms. The Hall–Kier alpha value is -2.51. The summed E-state index contributed by atoms with van der Waals surface area (Å²) >= 11 is 3.00. The topological polar surface area (TPSA) is 85.1 Å². The van der Waals surface area contributed by atoms with E-state index in [1.54, 1.807) is 0 Å². The number of nitrogens with two attached hydrogens (primary N) is 1. The van der Waals surface area contributed by atoms with Crippen molar-refractivity contribution in [2.45, 2.75) is 32.6 Å². The van der Waals surface area contributed by atoms with Gasteiger partial charge in [-0.3, -0.25) is 9.59 Å². The van der Waals surface area contributed by atoms with Gasteiger partial charge >= 0.3 is 0 Å². The fraction of sp³-hybridized carbons (Fsp3) is 0.286. The number of amides is 2. The highest BCUT2D eigenvalue weighted by molar-refractivity contribution is 7.17. The van der Waals surface area contributed by atoms with E-state index in [2.05, 4.69) is 17.2 Å². The summed E-state index contributed by atoms with van der Waals surface area (Å²) in [5, 5.41) is 6.28. The summed E-state index contributed by atoms with van der Waals surface area (Å²) in [4.78, 5) is 30.3. The molecule has 0 bridgehead atoms. The van der Waals surface area contributed by atoms with Crippen LogP contribution in [-0.2, 0) is 24.1 Å². The lowest BCUT2D eigenvalue weighted by atomic mass is 9.88. The number of thiophene rings is 1. The van der Waals surface area contributed by atoms with Gasteiger partial charge in [-0.05, 0) is 30.7 Å². The van der Waals surface area contributed by atoms with E-state index in [0.29, 0.717) is 16.5 Å². The number of nitrogens with one attached hydrogen (secondary N) is 1. The SMILES string of the molecule is C[C@@H]1CCc2c(sc(NC(=O)Cc3csc(-c4ccccc4)n3)c2C(N)=O)C1. The molecule has 144 valence electrons. The van der Waals surface area contributed by atoms with Crippen LogP contribution in [0.25, 0.3) is 10.6 Å². The van der Waals surface area contributed by atoms with Gasteiger partial charge in [-0.25, -0.2) is 4.98 Å². The minimum Gasteiger partial charge on any atom is -0.365 e. The molecule has 5 nitrogen and oxygen atoms in total. The molecule has 2 heterocycles. The summed E-state index contributed by atoms with van der Waals surface area (Å²) in [6, 6.07) is 9.89. The molecule has 3 N–H and O–H groups in total. The average molecular weight is 412 g/mol. The number of aromatic nitrogens is 1. The molecule has 0 saturated carbocycles. The molecule has 0 saturated heterocycles. The molecule has 4 rings (SSSR count). The van der Waals surface area contributed by atoms with E-state index in [4.69, 9.17) is 5.73 Å². The van der Waals surface area contributed by atoms with E-state index in [1.807, 2.05) is 35.7 Å². The third-order valence-electron chi connectivity index (χ3n) is 4.93. The Kier molecular flexibility index (Phi) is 5.28. The molecule has 0 aliphatic heterocycles. The molecule has 3 aromatic rings. The van der Waals surface area contributed by atoms with Gasteiger partial charge in [-0.1, -0.05) is 37.3 Å². The molecular weight excluding hydrogens is 390 g/mol. The van der Waals surface area contributed by atoms with Crippen molar-refractivity contribution in [2.24, 2.45) is 11.7 Å². The van der Waals surface area contributed by atoms with Crippen LogP contribution >= 0.6 is 22.7 Å². The van der Waals surface area contributed by atoms with Crippen LogP contribution in [0.5, 0.6) is 0 Å². The predicted molar refractivity (Wildman–Crippen MR) is 114 cm³/mol. The number of nitrogens with zero attached hydrogens (tertiary/aromatic N) is 1. The van der Waals surface area contributed by atoms with Crippen molar-refractivity contribution in [3.05, 3.63) is 57.4 Å². The van der Waals surface area contributed by atoms with Crippen LogP contribution in [-0.4, -0.2) is 16.8 Å². The summed E-state index contributed by atoms with van der Waals surface area (Å²) < 4.78 is 0. The van der Waals surface area contributed by atoms with Crippen LogP contribution in [0.3, 0.4) is 0 Å². The fourth-order valence-electron chi connectivity index (χ4n) is 3.54. The van der Waals surface area contributed by atoms with Crippen molar-refractivity contribution in [2.75, 3.05) is 5.32 Å². The van der Waals surface area contributed by atoms with Gasteiger partial charge in [0.1, 0.15) is 10.0 Å². The molecule has 0 fully saturated rings. The maximum Gasteiger partial charge on any atom is 0.251 e. The summed E-state index contributed by atoms with van der Waals surface area (Å²) in [6.07, 6.45) is 2.98. The minimum absolute atomic E-state index is 0.167. The first-order valence-electron chi connectivity index (χ1n) is 9.25. The van der Waals surface area contributed by atoms with Crippen molar-refractivity contribution in [1.82, 2.24) is 4.98 Å². The van der Waals surface area contributed by atoms with Crippen LogP contribution in [0.2, 0.25) is 0 Å². The molecule has 1 aliphatic carbocycles. The Bertz CT molecular complexity index is 1020. The molecule has 1 aliphatic rings. The van der Waals surface area contributed by atoms with Crippen LogP contribution in [0.15, 0.2) is 35.7 Å². The van der Waals surface area contributed by atoms with Crippen molar-refractivity contribution in [1.29, 1.82) is 0 Å². The van der Waals surface area contributed by atoms with Gasteiger partial charge < -0.3 is 11.1 Å². The van der Waals surface area contributed by atoms with Gasteiger partial charge in [0.05, 0.1) is 17.7 Å². The number of primary amides is 1. The lowest BCUT2D eigenvalue weighted by Gasteiger charge is -2.18. The molecule has 0 radical (unpaired) electrons. The van der Waals surface area contributed by atoms with Crippen molar-refractivity contribution < 1.29 is 9.59 Å². The Balaban J connectivity index is 1.50. The quantitative estimate of drug-likeness (QED) is 0.657. The minimum atomic E-state index is -0.470. The molecule has 0 spiro atoms. The summed E-state index contributed by atoms with van der Waals surface area (Å²) in [7, 11) is 0. The lowest BCUT2D eigenvalue weighted by Crippen LogP contribution is -2.20. The molecule has 2 aromatic heterocycles. The number of anilines is 1. The molecule has 2 amide bonds. The maximum absolute atomic E-state index is 12.6. The van der Waals surface area contributed by atoms with Crippen LogP contribution in [0.4, 0.5) is 5.00 Å². The first-order chi connectivity index (χ1) is 13.5. The summed E-state index contributed by atoms with van der Waals surface area (Å²) in [5.74, 6) is -0.0664. The number of carbonyl (C=O) groups excluding carboxylic acids is 2. The first-order valence-corrected chi connectivity index (χ1v) is 10.9. The second kappa shape index (κ2) is 7.85. The van der Waals surface area contributed by atoms with Gasteiger partial charge in [0.2, 0.25) is 5.91 Å². The third kappa shape index (κ3) is 3.86. The number of thiazole rings is 1. The molecule has 7 heteroatoms. The van der Waals surface area contributed by atoms with Gasteiger partial charge in [-0.2, -0.15) is 0 Å². The molecule has 1 aromatic carbocycles. The van der Waals surface area contributed by atoms with E-state index < -0.39 is 5.91 Å².